The summed E-state index contributed by atoms with van der Waals surface area (Å²) in [5, 5.41) is 13.6. The third-order valence-corrected chi connectivity index (χ3v) is 2.73. The number of hydrogen-bond acceptors (Lipinski definition) is 4. The summed E-state index contributed by atoms with van der Waals surface area (Å²) in [5.41, 5.74) is 5.51. The highest BCUT2D eigenvalue weighted by Crippen LogP contribution is 2.27. The molecule has 1 aromatic rings. The van der Waals surface area contributed by atoms with Gasteiger partial charge in [0.1, 0.15) is 5.69 Å². The van der Waals surface area contributed by atoms with Crippen LogP contribution in [-0.4, -0.2) is 16.9 Å². The minimum atomic E-state index is -0.580. The van der Waals surface area contributed by atoms with Crippen LogP contribution in [0.5, 0.6) is 0 Å². The van der Waals surface area contributed by atoms with Gasteiger partial charge in [0.15, 0.2) is 0 Å². The number of hydrogen-bond donors (Lipinski definition) is 2. The Morgan fingerprint density at radius 3 is 2.84 bits per heavy atom. The first-order chi connectivity index (χ1) is 8.90. The summed E-state index contributed by atoms with van der Waals surface area (Å²) >= 11 is 5.68. The highest BCUT2D eigenvalue weighted by molar-refractivity contribution is 6.31. The van der Waals surface area contributed by atoms with Crippen LogP contribution in [0.25, 0.3) is 0 Å². The monoisotopic (exact) mass is 285 g/mol. The highest BCUT2D eigenvalue weighted by atomic mass is 35.5. The molecule has 0 heterocycles. The molecule has 1 aromatic carbocycles. The summed E-state index contributed by atoms with van der Waals surface area (Å²) in [6.07, 6.45) is 1.66. The molecule has 0 aliphatic carbocycles. The van der Waals surface area contributed by atoms with Crippen LogP contribution in [0.1, 0.15) is 26.2 Å². The fourth-order valence-electron chi connectivity index (χ4n) is 1.56. The normalized spacial score (nSPS) is 11.9. The van der Waals surface area contributed by atoms with Gasteiger partial charge in [0.25, 0.3) is 5.69 Å². The van der Waals surface area contributed by atoms with Crippen molar-refractivity contribution in [1.82, 2.24) is 0 Å². The maximum absolute atomic E-state index is 11.6. The van der Waals surface area contributed by atoms with Gasteiger partial charge in [-0.25, -0.2) is 0 Å². The molecule has 1 atom stereocenters. The molecule has 19 heavy (non-hydrogen) atoms. The second kappa shape index (κ2) is 7.06. The topological polar surface area (TPSA) is 98.3 Å². The first kappa shape index (κ1) is 15.4. The number of rotatable bonds is 6. The maximum atomic E-state index is 11.6. The molecule has 0 aliphatic rings. The molecule has 0 saturated carbocycles. The third-order valence-electron chi connectivity index (χ3n) is 2.49. The van der Waals surface area contributed by atoms with Crippen molar-refractivity contribution in [3.8, 4) is 0 Å². The summed E-state index contributed by atoms with van der Waals surface area (Å²) in [7, 11) is 0. The van der Waals surface area contributed by atoms with Crippen LogP contribution in [0.3, 0.4) is 0 Å². The van der Waals surface area contributed by atoms with Gasteiger partial charge in [-0.15, -0.1) is 0 Å². The fourth-order valence-corrected chi connectivity index (χ4v) is 1.73. The molecular formula is C12H16ClN3O3. The van der Waals surface area contributed by atoms with E-state index in [1.54, 1.807) is 0 Å². The van der Waals surface area contributed by atoms with Crippen LogP contribution < -0.4 is 11.1 Å². The number of carbonyl (C=O) groups excluding carboxylic acids is 1. The van der Waals surface area contributed by atoms with Gasteiger partial charge in [-0.05, 0) is 31.9 Å². The molecule has 0 spiro atoms. The summed E-state index contributed by atoms with van der Waals surface area (Å²) in [6.45, 7) is 1.86. The van der Waals surface area contributed by atoms with Crippen molar-refractivity contribution in [3.05, 3.63) is 33.3 Å². The van der Waals surface area contributed by atoms with Gasteiger partial charge in [-0.2, -0.15) is 0 Å². The highest BCUT2D eigenvalue weighted by Gasteiger charge is 2.16. The van der Waals surface area contributed by atoms with Gasteiger partial charge in [0, 0.05) is 23.6 Å². The Morgan fingerprint density at radius 2 is 2.26 bits per heavy atom. The molecule has 0 radical (unpaired) electrons. The van der Waals surface area contributed by atoms with Gasteiger partial charge in [0.05, 0.1) is 4.92 Å². The standard InChI is InChI=1S/C12H16ClN3O3/c1-8(14)3-2-4-12(17)15-10-6-5-9(13)7-11(10)16(18)19/h5-8H,2-4,14H2,1H3,(H,15,17). The van der Waals surface area contributed by atoms with E-state index in [0.717, 1.165) is 6.42 Å². The number of nitro benzene ring substituents is 1. The number of nitrogens with two attached hydrogens (primary N) is 1. The van der Waals surface area contributed by atoms with Crippen molar-refractivity contribution in [2.45, 2.75) is 32.2 Å². The van der Waals surface area contributed by atoms with Crippen LogP contribution in [0.15, 0.2) is 18.2 Å². The van der Waals surface area contributed by atoms with E-state index >= 15 is 0 Å². The van der Waals surface area contributed by atoms with Crippen molar-refractivity contribution in [2.24, 2.45) is 5.73 Å². The number of carbonyl (C=O) groups is 1. The van der Waals surface area contributed by atoms with Crippen LogP contribution in [0, 0.1) is 10.1 Å². The lowest BCUT2D eigenvalue weighted by Gasteiger charge is -2.07. The summed E-state index contributed by atoms with van der Waals surface area (Å²) in [4.78, 5) is 21.9. The number of nitrogens with one attached hydrogen (secondary N) is 1. The second-order valence-corrected chi connectivity index (χ2v) is 4.77. The van der Waals surface area contributed by atoms with E-state index in [4.69, 9.17) is 17.3 Å². The minimum absolute atomic E-state index is 0.0395. The number of halogens is 1. The molecule has 0 fully saturated rings. The second-order valence-electron chi connectivity index (χ2n) is 4.34. The molecule has 104 valence electrons. The Bertz CT molecular complexity index is 477. The van der Waals surface area contributed by atoms with Crippen molar-refractivity contribution >= 4 is 28.9 Å². The van der Waals surface area contributed by atoms with E-state index in [1.165, 1.54) is 18.2 Å². The SMILES string of the molecule is CC(N)CCCC(=O)Nc1ccc(Cl)cc1[N+](=O)[O-]. The van der Waals surface area contributed by atoms with Gasteiger partial charge in [-0.3, -0.25) is 14.9 Å². The Balaban J connectivity index is 2.66. The van der Waals surface area contributed by atoms with Gasteiger partial charge < -0.3 is 11.1 Å². The molecule has 7 heteroatoms. The van der Waals surface area contributed by atoms with Gasteiger partial charge in [-0.1, -0.05) is 11.6 Å². The zero-order valence-corrected chi connectivity index (χ0v) is 11.3. The van der Waals surface area contributed by atoms with E-state index in [9.17, 15) is 14.9 Å². The van der Waals surface area contributed by atoms with Crippen molar-refractivity contribution < 1.29 is 9.72 Å². The number of nitro groups is 1. The van der Waals surface area contributed by atoms with Crippen LogP contribution in [0.2, 0.25) is 5.02 Å². The summed E-state index contributed by atoms with van der Waals surface area (Å²) < 4.78 is 0. The lowest BCUT2D eigenvalue weighted by molar-refractivity contribution is -0.383. The molecule has 1 unspecified atom stereocenters. The largest absolute Gasteiger partial charge is 0.328 e. The van der Waals surface area contributed by atoms with Crippen molar-refractivity contribution in [3.63, 3.8) is 0 Å². The number of benzene rings is 1. The number of anilines is 1. The van der Waals surface area contributed by atoms with E-state index in [0.29, 0.717) is 6.42 Å². The Kier molecular flexibility index (Phi) is 5.72. The molecule has 0 aliphatic heterocycles. The first-order valence-electron chi connectivity index (χ1n) is 5.89. The fraction of sp³-hybridized carbons (Fsp3) is 0.417. The van der Waals surface area contributed by atoms with Crippen LogP contribution in [-0.2, 0) is 4.79 Å². The Morgan fingerprint density at radius 1 is 1.58 bits per heavy atom. The van der Waals surface area contributed by atoms with E-state index in [2.05, 4.69) is 5.32 Å². The summed E-state index contributed by atoms with van der Waals surface area (Å²) in [6, 6.07) is 4.16. The van der Waals surface area contributed by atoms with E-state index in [1.807, 2.05) is 6.92 Å². The molecule has 0 saturated heterocycles. The zero-order chi connectivity index (χ0) is 14.4. The molecule has 1 rings (SSSR count). The van der Waals surface area contributed by atoms with E-state index < -0.39 is 4.92 Å². The number of nitrogens with zero attached hydrogens (tertiary/aromatic N) is 1. The predicted molar refractivity (Wildman–Crippen MR) is 74.2 cm³/mol. The van der Waals surface area contributed by atoms with Crippen molar-refractivity contribution in [2.75, 3.05) is 5.32 Å². The minimum Gasteiger partial charge on any atom is -0.328 e. The van der Waals surface area contributed by atoms with Crippen molar-refractivity contribution in [1.29, 1.82) is 0 Å². The molecule has 0 aromatic heterocycles. The lowest BCUT2D eigenvalue weighted by atomic mass is 10.1. The van der Waals surface area contributed by atoms with Crippen LogP contribution in [0.4, 0.5) is 11.4 Å². The van der Waals surface area contributed by atoms with E-state index in [-0.39, 0.29) is 34.8 Å². The average molecular weight is 286 g/mol. The molecule has 6 nitrogen and oxygen atoms in total. The maximum Gasteiger partial charge on any atom is 0.294 e. The first-order valence-corrected chi connectivity index (χ1v) is 6.27. The lowest BCUT2D eigenvalue weighted by Crippen LogP contribution is -2.17. The third kappa shape index (κ3) is 5.23. The molecule has 3 N–H and O–H groups in total. The molecule has 0 bridgehead atoms. The molecule has 1 amide bonds. The molecular weight excluding hydrogens is 270 g/mol. The number of amides is 1. The summed E-state index contributed by atoms with van der Waals surface area (Å²) in [5.74, 6) is -0.272. The quantitative estimate of drug-likeness (QED) is 0.620. The smallest absolute Gasteiger partial charge is 0.294 e. The van der Waals surface area contributed by atoms with Gasteiger partial charge in [0.2, 0.25) is 5.91 Å². The Hall–Kier alpha value is -1.66. The Labute approximate surface area is 116 Å². The van der Waals surface area contributed by atoms with Gasteiger partial charge >= 0.3 is 0 Å². The average Bonchev–Trinajstić information content (AvgIpc) is 2.30. The zero-order valence-electron chi connectivity index (χ0n) is 10.6. The van der Waals surface area contributed by atoms with Crippen LogP contribution >= 0.6 is 11.6 Å². The predicted octanol–water partition coefficient (Wildman–Crippen LogP) is 2.70.